The molecule has 2 aromatic carbocycles. The van der Waals surface area contributed by atoms with Gasteiger partial charge in [0, 0.05) is 6.54 Å². The molecule has 0 aliphatic heterocycles. The summed E-state index contributed by atoms with van der Waals surface area (Å²) in [6, 6.07) is 16.8. The van der Waals surface area contributed by atoms with E-state index in [0.29, 0.717) is 6.54 Å². The molecule has 0 fully saturated rings. The molecule has 0 aliphatic carbocycles. The number of carboxylic acid groups (broad SMARTS) is 1. The van der Waals surface area contributed by atoms with Gasteiger partial charge in [0.1, 0.15) is 10.7 Å². The molecule has 0 atom stereocenters. The molecular weight excluding hydrogens is 415 g/mol. The number of hydrogen-bond donors (Lipinski definition) is 4. The number of alkyl halides is 3. The van der Waals surface area contributed by atoms with Crippen molar-refractivity contribution >= 4 is 18.1 Å². The van der Waals surface area contributed by atoms with Crippen LogP contribution in [-0.2, 0) is 11.3 Å². The van der Waals surface area contributed by atoms with Crippen molar-refractivity contribution in [3.8, 4) is 0 Å². The van der Waals surface area contributed by atoms with Gasteiger partial charge in [-0.2, -0.15) is 13.2 Å². The summed E-state index contributed by atoms with van der Waals surface area (Å²) in [5.41, 5.74) is 7.52. The van der Waals surface area contributed by atoms with Crippen LogP contribution in [0.5, 0.6) is 0 Å². The lowest BCUT2D eigenvalue weighted by Gasteiger charge is -1.97. The lowest BCUT2D eigenvalue weighted by Crippen LogP contribution is -2.46. The third kappa shape index (κ3) is 7.12. The molecule has 0 bridgehead atoms. The van der Waals surface area contributed by atoms with Crippen LogP contribution in [0.15, 0.2) is 64.2 Å². The van der Waals surface area contributed by atoms with Gasteiger partial charge in [0.15, 0.2) is 0 Å². The zero-order chi connectivity index (χ0) is 23.0. The van der Waals surface area contributed by atoms with Crippen LogP contribution in [0.25, 0.3) is 12.2 Å². The van der Waals surface area contributed by atoms with Crippen LogP contribution in [0, 0.1) is 0 Å². The van der Waals surface area contributed by atoms with Crippen molar-refractivity contribution in [2.24, 2.45) is 5.73 Å². The van der Waals surface area contributed by atoms with Crippen molar-refractivity contribution in [3.63, 3.8) is 0 Å². The van der Waals surface area contributed by atoms with E-state index < -0.39 is 12.1 Å². The van der Waals surface area contributed by atoms with Crippen LogP contribution in [0.1, 0.15) is 16.7 Å². The second-order valence-corrected chi connectivity index (χ2v) is 6.18. The molecule has 1 heterocycles. The van der Waals surface area contributed by atoms with Crippen molar-refractivity contribution in [2.75, 3.05) is 0 Å². The zero-order valence-corrected chi connectivity index (χ0v) is 15.9. The topological polar surface area (TPSA) is 129 Å². The molecule has 0 aliphatic rings. The number of nitrogens with one attached hydrogen (secondary N) is 2. The molecule has 31 heavy (non-hydrogen) atoms. The largest absolute Gasteiger partial charge is 0.490 e. The Kier molecular flexibility index (Phi) is 7.70. The van der Waals surface area contributed by atoms with Crippen molar-refractivity contribution < 1.29 is 23.1 Å². The van der Waals surface area contributed by atoms with E-state index in [1.165, 1.54) is 0 Å². The van der Waals surface area contributed by atoms with E-state index in [0.717, 1.165) is 16.7 Å². The maximum Gasteiger partial charge on any atom is 0.490 e. The summed E-state index contributed by atoms with van der Waals surface area (Å²) in [4.78, 5) is 38.6. The molecular formula is C21H18F3N3O4. The minimum absolute atomic E-state index is 0.214. The normalized spacial score (nSPS) is 12.3. The average molecular weight is 433 g/mol. The van der Waals surface area contributed by atoms with E-state index in [4.69, 9.17) is 15.6 Å². The van der Waals surface area contributed by atoms with Gasteiger partial charge >= 0.3 is 12.1 Å². The SMILES string of the molecule is NCc1ccc(C=c2[nH]c(=O)c(=Cc3ccccc3)[nH]c2=O)cc1.O=C(O)C(F)(F)F. The smallest absolute Gasteiger partial charge is 0.475 e. The number of aliphatic carboxylic acids is 1. The molecule has 162 valence electrons. The summed E-state index contributed by atoms with van der Waals surface area (Å²) in [6.45, 7) is 0.460. The van der Waals surface area contributed by atoms with Gasteiger partial charge in [-0.05, 0) is 28.8 Å². The number of carboxylic acids is 1. The number of hydrogen-bond acceptors (Lipinski definition) is 4. The van der Waals surface area contributed by atoms with Gasteiger partial charge in [0.05, 0.1) is 0 Å². The van der Waals surface area contributed by atoms with E-state index in [1.807, 2.05) is 54.6 Å². The number of nitrogens with two attached hydrogens (primary N) is 1. The van der Waals surface area contributed by atoms with E-state index in [9.17, 15) is 22.8 Å². The Balaban J connectivity index is 0.000000423. The van der Waals surface area contributed by atoms with E-state index in [-0.39, 0.29) is 21.8 Å². The number of carbonyl (C=O) groups is 1. The second-order valence-electron chi connectivity index (χ2n) is 6.18. The molecule has 7 nitrogen and oxygen atoms in total. The lowest BCUT2D eigenvalue weighted by atomic mass is 10.1. The van der Waals surface area contributed by atoms with Crippen LogP contribution >= 0.6 is 0 Å². The van der Waals surface area contributed by atoms with E-state index >= 15 is 0 Å². The minimum Gasteiger partial charge on any atom is -0.475 e. The third-order valence-electron chi connectivity index (χ3n) is 3.87. The monoisotopic (exact) mass is 433 g/mol. The molecule has 3 aromatic rings. The molecule has 0 saturated heterocycles. The Hall–Kier alpha value is -3.92. The van der Waals surface area contributed by atoms with E-state index in [1.54, 1.807) is 12.2 Å². The van der Waals surface area contributed by atoms with Crippen LogP contribution in [0.2, 0.25) is 0 Å². The molecule has 0 amide bonds. The number of H-pyrrole nitrogens is 2. The highest BCUT2D eigenvalue weighted by molar-refractivity contribution is 5.73. The number of aromatic amines is 2. The van der Waals surface area contributed by atoms with Crippen molar-refractivity contribution in [1.82, 2.24) is 9.97 Å². The predicted molar refractivity (Wildman–Crippen MR) is 109 cm³/mol. The fourth-order valence-corrected chi connectivity index (χ4v) is 2.33. The standard InChI is InChI=1S/C19H17N3O2.C2HF3O2/c20-12-15-8-6-14(7-9-15)11-17-19(24)21-16(18(23)22-17)10-13-4-2-1-3-5-13;3-2(4,5)1(6)7/h1-11H,12,20H2,(H,21,24)(H,22,23);(H,6,7). The Morgan fingerprint density at radius 2 is 1.29 bits per heavy atom. The summed E-state index contributed by atoms with van der Waals surface area (Å²) in [5.74, 6) is -2.76. The Morgan fingerprint density at radius 3 is 1.68 bits per heavy atom. The molecule has 1 aromatic heterocycles. The highest BCUT2D eigenvalue weighted by atomic mass is 19.4. The van der Waals surface area contributed by atoms with Gasteiger partial charge in [-0.1, -0.05) is 54.6 Å². The maximum atomic E-state index is 12.2. The lowest BCUT2D eigenvalue weighted by molar-refractivity contribution is -0.192. The fourth-order valence-electron chi connectivity index (χ4n) is 2.33. The first-order chi connectivity index (χ1) is 14.6. The maximum absolute atomic E-state index is 12.2. The van der Waals surface area contributed by atoms with Gasteiger partial charge in [-0.15, -0.1) is 0 Å². The first-order valence-electron chi connectivity index (χ1n) is 8.80. The van der Waals surface area contributed by atoms with Gasteiger partial charge in [-0.3, -0.25) is 9.59 Å². The third-order valence-corrected chi connectivity index (χ3v) is 3.87. The van der Waals surface area contributed by atoms with Gasteiger partial charge in [0.25, 0.3) is 11.1 Å². The van der Waals surface area contributed by atoms with Gasteiger partial charge < -0.3 is 20.8 Å². The van der Waals surface area contributed by atoms with Crippen molar-refractivity contribution in [2.45, 2.75) is 12.7 Å². The summed E-state index contributed by atoms with van der Waals surface area (Å²) < 4.78 is 31.7. The van der Waals surface area contributed by atoms with Crippen molar-refractivity contribution in [3.05, 3.63) is 103 Å². The zero-order valence-electron chi connectivity index (χ0n) is 15.9. The Morgan fingerprint density at radius 1 is 0.871 bits per heavy atom. The van der Waals surface area contributed by atoms with Crippen molar-refractivity contribution in [1.29, 1.82) is 0 Å². The molecule has 0 radical (unpaired) electrons. The highest BCUT2D eigenvalue weighted by Gasteiger charge is 2.38. The summed E-state index contributed by atoms with van der Waals surface area (Å²) in [5, 5.41) is 7.56. The Labute approximate surface area is 173 Å². The molecule has 3 rings (SSSR count). The predicted octanol–water partition coefficient (Wildman–Crippen LogP) is 0.813. The first-order valence-corrected chi connectivity index (χ1v) is 8.80. The number of benzene rings is 2. The molecule has 0 spiro atoms. The van der Waals surface area contributed by atoms with Crippen LogP contribution < -0.4 is 27.6 Å². The summed E-state index contributed by atoms with van der Waals surface area (Å²) in [7, 11) is 0. The van der Waals surface area contributed by atoms with Gasteiger partial charge in [0.2, 0.25) is 0 Å². The van der Waals surface area contributed by atoms with Gasteiger partial charge in [-0.25, -0.2) is 4.79 Å². The van der Waals surface area contributed by atoms with E-state index in [2.05, 4.69) is 9.97 Å². The average Bonchev–Trinajstić information content (AvgIpc) is 2.73. The molecule has 0 saturated carbocycles. The van der Waals surface area contributed by atoms with Crippen LogP contribution in [0.3, 0.4) is 0 Å². The van der Waals surface area contributed by atoms with Crippen LogP contribution in [-0.4, -0.2) is 27.2 Å². The number of aromatic nitrogens is 2. The molecule has 0 unspecified atom stereocenters. The molecule has 5 N–H and O–H groups in total. The summed E-state index contributed by atoms with van der Waals surface area (Å²) in [6.07, 6.45) is -1.81. The Bertz CT molecular complexity index is 1260. The quantitative estimate of drug-likeness (QED) is 0.486. The molecule has 10 heteroatoms. The second kappa shape index (κ2) is 10.2. The number of rotatable bonds is 3. The minimum atomic E-state index is -5.08. The summed E-state index contributed by atoms with van der Waals surface area (Å²) >= 11 is 0. The highest BCUT2D eigenvalue weighted by Crippen LogP contribution is 2.13. The van der Waals surface area contributed by atoms with Crippen LogP contribution in [0.4, 0.5) is 13.2 Å². The first kappa shape index (κ1) is 23.4. The number of halogens is 3. The fraction of sp³-hybridized carbons (Fsp3) is 0.0952.